The summed E-state index contributed by atoms with van der Waals surface area (Å²) in [6.45, 7) is 0.396. The molecule has 4 aromatic carbocycles. The lowest BCUT2D eigenvalue weighted by atomic mass is 9.99. The van der Waals surface area contributed by atoms with E-state index in [0.717, 1.165) is 38.1 Å². The maximum Gasteiger partial charge on any atom is 0.251 e. The first kappa shape index (κ1) is 30.6. The molecule has 1 saturated heterocycles. The number of nitrogens with one attached hydrogen (secondary N) is 1. The first-order valence-corrected chi connectivity index (χ1v) is 15.9. The normalized spacial score (nSPS) is 17.9. The molecule has 1 aromatic heterocycles. The molecule has 0 unspecified atom stereocenters. The number of amides is 1. The summed E-state index contributed by atoms with van der Waals surface area (Å²) >= 11 is 1.47. The van der Waals surface area contributed by atoms with Gasteiger partial charge in [0, 0.05) is 42.0 Å². The summed E-state index contributed by atoms with van der Waals surface area (Å²) in [5.74, 6) is 0.480. The zero-order valence-corrected chi connectivity index (χ0v) is 25.4. The summed E-state index contributed by atoms with van der Waals surface area (Å²) in [4.78, 5) is 12.6. The largest absolute Gasteiger partial charge is 0.618 e. The van der Waals surface area contributed by atoms with Crippen molar-refractivity contribution in [2.24, 2.45) is 0 Å². The van der Waals surface area contributed by atoms with Gasteiger partial charge in [-0.25, -0.2) is 0 Å². The summed E-state index contributed by atoms with van der Waals surface area (Å²) in [7, 11) is 0. The third kappa shape index (κ3) is 7.79. The number of carbonyl (C=O) groups excluding carboxylic acids is 1. The SMILES string of the molecule is O=C(NCc1cccc(-c2cccc([C@H]3O[C@@H](CSc4cccc[n+]4[O-])C[C@@H](c4ccc(CO)cc4)O3)c2)c1)c1ccccc1. The second-order valence-electron chi connectivity index (χ2n) is 10.9. The average molecular weight is 619 g/mol. The molecule has 1 aliphatic heterocycles. The van der Waals surface area contributed by atoms with E-state index in [4.69, 9.17) is 9.47 Å². The number of aliphatic hydroxyl groups excluding tert-OH is 1. The Morgan fingerprint density at radius 1 is 0.822 bits per heavy atom. The summed E-state index contributed by atoms with van der Waals surface area (Å²) in [5, 5.41) is 25.4. The van der Waals surface area contributed by atoms with Gasteiger partial charge in [0.05, 0.1) is 18.8 Å². The molecule has 45 heavy (non-hydrogen) atoms. The Bertz CT molecular complexity index is 1730. The van der Waals surface area contributed by atoms with Gasteiger partial charge in [0.2, 0.25) is 0 Å². The first-order chi connectivity index (χ1) is 22.1. The van der Waals surface area contributed by atoms with E-state index < -0.39 is 6.29 Å². The van der Waals surface area contributed by atoms with Gasteiger partial charge in [-0.15, -0.1) is 0 Å². The molecule has 0 radical (unpaired) electrons. The highest BCUT2D eigenvalue weighted by molar-refractivity contribution is 7.99. The van der Waals surface area contributed by atoms with Crippen LogP contribution in [0.25, 0.3) is 11.1 Å². The van der Waals surface area contributed by atoms with E-state index in [1.54, 1.807) is 18.2 Å². The van der Waals surface area contributed by atoms with Crippen molar-refractivity contribution < 1.29 is 24.1 Å². The zero-order chi connectivity index (χ0) is 31.0. The molecule has 8 heteroatoms. The minimum atomic E-state index is -0.615. The van der Waals surface area contributed by atoms with Crippen LogP contribution in [0.2, 0.25) is 0 Å². The summed E-state index contributed by atoms with van der Waals surface area (Å²) in [6, 6.07) is 38.6. The third-order valence-electron chi connectivity index (χ3n) is 7.73. The van der Waals surface area contributed by atoms with Crippen molar-refractivity contribution in [3.8, 4) is 11.1 Å². The van der Waals surface area contributed by atoms with Crippen LogP contribution in [0.15, 0.2) is 133 Å². The topological polar surface area (TPSA) is 94.7 Å². The highest BCUT2D eigenvalue weighted by atomic mass is 32.2. The van der Waals surface area contributed by atoms with Crippen molar-refractivity contribution in [3.63, 3.8) is 0 Å². The number of benzene rings is 4. The Morgan fingerprint density at radius 2 is 1.58 bits per heavy atom. The van der Waals surface area contributed by atoms with E-state index in [2.05, 4.69) is 23.5 Å². The molecule has 1 aliphatic rings. The lowest BCUT2D eigenvalue weighted by molar-refractivity contribution is -0.645. The minimum absolute atomic E-state index is 0.0174. The number of ether oxygens (including phenoxy) is 2. The number of thioether (sulfide) groups is 1. The fourth-order valence-electron chi connectivity index (χ4n) is 5.33. The third-order valence-corrected chi connectivity index (χ3v) is 8.88. The Morgan fingerprint density at radius 3 is 2.36 bits per heavy atom. The van der Waals surface area contributed by atoms with Crippen LogP contribution in [0.1, 0.15) is 51.4 Å². The lowest BCUT2D eigenvalue weighted by Crippen LogP contribution is -2.32. The first-order valence-electron chi connectivity index (χ1n) is 14.9. The maximum atomic E-state index is 12.6. The number of aliphatic hydroxyl groups is 1. The van der Waals surface area contributed by atoms with Crippen LogP contribution in [-0.2, 0) is 22.6 Å². The van der Waals surface area contributed by atoms with Crippen molar-refractivity contribution in [3.05, 3.63) is 161 Å². The summed E-state index contributed by atoms with van der Waals surface area (Å²) in [5.41, 5.74) is 6.39. The molecular weight excluding hydrogens is 584 g/mol. The summed E-state index contributed by atoms with van der Waals surface area (Å²) < 4.78 is 13.9. The van der Waals surface area contributed by atoms with Gasteiger partial charge < -0.3 is 25.1 Å². The van der Waals surface area contributed by atoms with Crippen LogP contribution < -0.4 is 10.0 Å². The van der Waals surface area contributed by atoms with E-state index in [1.807, 2.05) is 84.9 Å². The van der Waals surface area contributed by atoms with Crippen molar-refractivity contribution in [1.29, 1.82) is 0 Å². The van der Waals surface area contributed by atoms with Gasteiger partial charge in [0.25, 0.3) is 10.9 Å². The number of hydrogen-bond donors (Lipinski definition) is 2. The van der Waals surface area contributed by atoms with Gasteiger partial charge >= 0.3 is 0 Å². The second-order valence-corrected chi connectivity index (χ2v) is 11.9. The smallest absolute Gasteiger partial charge is 0.251 e. The predicted octanol–water partition coefficient (Wildman–Crippen LogP) is 6.75. The van der Waals surface area contributed by atoms with Crippen LogP contribution in [-0.4, -0.2) is 22.9 Å². The van der Waals surface area contributed by atoms with Gasteiger partial charge in [0.1, 0.15) is 0 Å². The number of hydrogen-bond acceptors (Lipinski definition) is 6. The molecule has 2 N–H and O–H groups in total. The van der Waals surface area contributed by atoms with Gasteiger partial charge in [-0.1, -0.05) is 90.6 Å². The van der Waals surface area contributed by atoms with Gasteiger partial charge in [-0.3, -0.25) is 4.79 Å². The highest BCUT2D eigenvalue weighted by Gasteiger charge is 2.33. The van der Waals surface area contributed by atoms with E-state index in [0.29, 0.717) is 29.3 Å². The van der Waals surface area contributed by atoms with Crippen LogP contribution in [0, 0.1) is 5.21 Å². The molecule has 5 aromatic rings. The number of nitrogens with zero attached hydrogens (tertiary/aromatic N) is 1. The fraction of sp³-hybridized carbons (Fsp3) is 0.189. The molecule has 6 rings (SSSR count). The number of rotatable bonds is 10. The molecule has 0 saturated carbocycles. The standard InChI is InChI=1S/C37H34N2O5S/c40-24-26-15-17-28(18-16-26)34-22-33(25-45-35-14-4-5-19-39(35)42)43-37(44-34)32-13-7-12-31(21-32)30-11-6-8-27(20-30)23-38-36(41)29-9-2-1-3-10-29/h1-21,33-34,37,40H,22-25H2,(H,38,41)/t33-,34+,37+/m1/s1. The molecule has 228 valence electrons. The Labute approximate surface area is 267 Å². The highest BCUT2D eigenvalue weighted by Crippen LogP contribution is 2.40. The molecule has 3 atom stereocenters. The molecule has 1 fully saturated rings. The van der Waals surface area contributed by atoms with Crippen LogP contribution in [0.3, 0.4) is 0 Å². The molecular formula is C37H34N2O5S. The molecule has 2 heterocycles. The van der Waals surface area contributed by atoms with Crippen LogP contribution in [0.5, 0.6) is 0 Å². The Balaban J connectivity index is 1.20. The van der Waals surface area contributed by atoms with E-state index >= 15 is 0 Å². The van der Waals surface area contributed by atoms with Crippen molar-refractivity contribution >= 4 is 17.7 Å². The molecule has 0 bridgehead atoms. The molecule has 1 amide bonds. The predicted molar refractivity (Wildman–Crippen MR) is 174 cm³/mol. The molecule has 0 spiro atoms. The maximum absolute atomic E-state index is 12.6. The van der Waals surface area contributed by atoms with Crippen molar-refractivity contribution in [2.75, 3.05) is 5.75 Å². The van der Waals surface area contributed by atoms with Crippen LogP contribution in [0.4, 0.5) is 0 Å². The van der Waals surface area contributed by atoms with E-state index in [1.165, 1.54) is 18.0 Å². The number of pyridine rings is 1. The Kier molecular flexibility index (Phi) is 9.87. The van der Waals surface area contributed by atoms with Crippen molar-refractivity contribution in [2.45, 2.75) is 43.1 Å². The molecule has 7 nitrogen and oxygen atoms in total. The quantitative estimate of drug-likeness (QED) is 0.102. The zero-order valence-electron chi connectivity index (χ0n) is 24.6. The lowest BCUT2D eigenvalue weighted by Gasteiger charge is -2.36. The number of carbonyl (C=O) groups is 1. The molecule has 0 aliphatic carbocycles. The fourth-order valence-corrected chi connectivity index (χ4v) is 6.26. The summed E-state index contributed by atoms with van der Waals surface area (Å²) in [6.07, 6.45) is 1.12. The van der Waals surface area contributed by atoms with Gasteiger partial charge in [-0.2, -0.15) is 4.73 Å². The Hall–Kier alpha value is -4.47. The van der Waals surface area contributed by atoms with Gasteiger partial charge in [0.15, 0.2) is 12.5 Å². The number of aromatic nitrogens is 1. The van der Waals surface area contributed by atoms with E-state index in [9.17, 15) is 15.1 Å². The van der Waals surface area contributed by atoms with E-state index in [-0.39, 0.29) is 24.7 Å². The minimum Gasteiger partial charge on any atom is -0.618 e. The van der Waals surface area contributed by atoms with Crippen LogP contribution >= 0.6 is 11.8 Å². The average Bonchev–Trinajstić information content (AvgIpc) is 3.10. The monoisotopic (exact) mass is 618 g/mol. The van der Waals surface area contributed by atoms with Crippen molar-refractivity contribution in [1.82, 2.24) is 5.32 Å². The second kappa shape index (κ2) is 14.5. The van der Waals surface area contributed by atoms with Gasteiger partial charge in [-0.05, 0) is 58.1 Å².